The molecule has 0 saturated carbocycles. The summed E-state index contributed by atoms with van der Waals surface area (Å²) in [6.07, 6.45) is 1.13. The molecule has 1 aromatic carbocycles. The predicted octanol–water partition coefficient (Wildman–Crippen LogP) is 1.99. The van der Waals surface area contributed by atoms with Crippen LogP contribution >= 0.6 is 0 Å². The van der Waals surface area contributed by atoms with Gasteiger partial charge in [-0.1, -0.05) is 6.07 Å². The van der Waals surface area contributed by atoms with Crippen LogP contribution in [0, 0.1) is 32.8 Å². The van der Waals surface area contributed by atoms with E-state index in [0.29, 0.717) is 11.4 Å². The van der Waals surface area contributed by atoms with Crippen LogP contribution in [-0.2, 0) is 0 Å². The van der Waals surface area contributed by atoms with Crippen molar-refractivity contribution in [1.82, 2.24) is 9.97 Å². The second kappa shape index (κ2) is 8.08. The second-order valence-electron chi connectivity index (χ2n) is 4.68. The molecule has 10 heteroatoms. The van der Waals surface area contributed by atoms with Crippen LogP contribution in [0.1, 0.15) is 0 Å². The van der Waals surface area contributed by atoms with Crippen LogP contribution in [0.15, 0.2) is 30.6 Å². The molecule has 0 atom stereocenters. The molecule has 0 spiro atoms. The zero-order valence-corrected chi connectivity index (χ0v) is 13.2. The number of hydrogen-bond acceptors (Lipinski definition) is 9. The number of methoxy groups -OCH3 is 1. The largest absolute Gasteiger partial charge is 0.497 e. The molecule has 1 N–H and O–H groups in total. The SMILES string of the molecule is COc1cccc(Nc2ncnc(N(CC#N)CC#N)c2[N+](=O)[O-])c1. The average Bonchev–Trinajstić information content (AvgIpc) is 2.61. The van der Waals surface area contributed by atoms with Gasteiger partial charge < -0.3 is 15.0 Å². The Kier molecular flexibility index (Phi) is 5.63. The standard InChI is InChI=1S/C15H13N7O3/c1-25-12-4-2-3-11(9-12)20-14-13(22(23)24)15(19-10-18-14)21(7-5-16)8-6-17/h2-4,9-10H,7-8H2,1H3,(H,18,19,20). The Bertz CT molecular complexity index is 841. The lowest BCUT2D eigenvalue weighted by Gasteiger charge is -2.17. The Hall–Kier alpha value is -3.92. The highest BCUT2D eigenvalue weighted by molar-refractivity contribution is 5.75. The van der Waals surface area contributed by atoms with Crippen molar-refractivity contribution < 1.29 is 9.66 Å². The van der Waals surface area contributed by atoms with Gasteiger partial charge in [-0.05, 0) is 12.1 Å². The molecule has 0 amide bonds. The van der Waals surface area contributed by atoms with Gasteiger partial charge in [-0.15, -0.1) is 0 Å². The maximum atomic E-state index is 11.5. The molecule has 1 heterocycles. The summed E-state index contributed by atoms with van der Waals surface area (Å²) in [5.74, 6) is 0.412. The first-order chi connectivity index (χ1) is 12.1. The number of aromatic nitrogens is 2. The zero-order valence-electron chi connectivity index (χ0n) is 13.2. The van der Waals surface area contributed by atoms with Crippen molar-refractivity contribution in [1.29, 1.82) is 10.5 Å². The molecule has 10 nitrogen and oxygen atoms in total. The summed E-state index contributed by atoms with van der Waals surface area (Å²) in [5.41, 5.74) is 0.107. The summed E-state index contributed by atoms with van der Waals surface area (Å²) in [4.78, 5) is 19.9. The van der Waals surface area contributed by atoms with Crippen LogP contribution in [0.3, 0.4) is 0 Å². The normalized spacial score (nSPS) is 9.56. The first kappa shape index (κ1) is 17.4. The summed E-state index contributed by atoms with van der Waals surface area (Å²) in [5, 5.41) is 32.1. The van der Waals surface area contributed by atoms with E-state index in [1.165, 1.54) is 12.0 Å². The van der Waals surface area contributed by atoms with Crippen molar-refractivity contribution in [3.63, 3.8) is 0 Å². The lowest BCUT2D eigenvalue weighted by molar-refractivity contribution is -0.383. The summed E-state index contributed by atoms with van der Waals surface area (Å²) >= 11 is 0. The molecular weight excluding hydrogens is 326 g/mol. The Morgan fingerprint density at radius 2 is 2.04 bits per heavy atom. The Labute approximate surface area is 143 Å². The van der Waals surface area contributed by atoms with Gasteiger partial charge in [-0.2, -0.15) is 10.5 Å². The number of hydrogen-bond donors (Lipinski definition) is 1. The minimum absolute atomic E-state index is 0.0517. The van der Waals surface area contributed by atoms with E-state index in [9.17, 15) is 10.1 Å². The molecule has 0 aliphatic rings. The van der Waals surface area contributed by atoms with Crippen molar-refractivity contribution in [2.24, 2.45) is 0 Å². The molecule has 2 aromatic rings. The fraction of sp³-hybridized carbons (Fsp3) is 0.200. The van der Waals surface area contributed by atoms with Gasteiger partial charge in [0.25, 0.3) is 0 Å². The van der Waals surface area contributed by atoms with Gasteiger partial charge in [0.1, 0.15) is 25.2 Å². The smallest absolute Gasteiger partial charge is 0.353 e. The van der Waals surface area contributed by atoms with Crippen LogP contribution in [0.4, 0.5) is 23.0 Å². The van der Waals surface area contributed by atoms with Gasteiger partial charge in [-0.3, -0.25) is 10.1 Å². The highest BCUT2D eigenvalue weighted by atomic mass is 16.6. The molecule has 1 aromatic heterocycles. The Balaban J connectivity index is 2.48. The van der Waals surface area contributed by atoms with Crippen LogP contribution in [0.2, 0.25) is 0 Å². The highest BCUT2D eigenvalue weighted by Crippen LogP contribution is 2.33. The molecule has 0 aliphatic carbocycles. The monoisotopic (exact) mass is 339 g/mol. The molecule has 2 rings (SSSR count). The van der Waals surface area contributed by atoms with Gasteiger partial charge in [0.2, 0.25) is 11.6 Å². The average molecular weight is 339 g/mol. The van der Waals surface area contributed by atoms with E-state index >= 15 is 0 Å². The van der Waals surface area contributed by atoms with E-state index < -0.39 is 10.6 Å². The van der Waals surface area contributed by atoms with Crippen molar-refractivity contribution in [2.75, 3.05) is 30.4 Å². The molecule has 0 fully saturated rings. The number of nitriles is 2. The van der Waals surface area contributed by atoms with Crippen molar-refractivity contribution >= 4 is 23.0 Å². The molecule has 25 heavy (non-hydrogen) atoms. The minimum Gasteiger partial charge on any atom is -0.497 e. The van der Waals surface area contributed by atoms with Crippen LogP contribution in [0.5, 0.6) is 5.75 Å². The number of nitro groups is 1. The Morgan fingerprint density at radius 1 is 1.32 bits per heavy atom. The highest BCUT2D eigenvalue weighted by Gasteiger charge is 2.27. The fourth-order valence-corrected chi connectivity index (χ4v) is 2.07. The van der Waals surface area contributed by atoms with Gasteiger partial charge in [-0.25, -0.2) is 9.97 Å². The summed E-state index contributed by atoms with van der Waals surface area (Å²) in [7, 11) is 1.51. The number of nitrogens with zero attached hydrogens (tertiary/aromatic N) is 6. The number of nitrogens with one attached hydrogen (secondary N) is 1. The summed E-state index contributed by atoms with van der Waals surface area (Å²) in [6.45, 7) is -0.436. The fourth-order valence-electron chi connectivity index (χ4n) is 2.07. The third-order valence-corrected chi connectivity index (χ3v) is 3.14. The van der Waals surface area contributed by atoms with Crippen molar-refractivity contribution in [3.8, 4) is 17.9 Å². The maximum Gasteiger partial charge on any atom is 0.353 e. The third-order valence-electron chi connectivity index (χ3n) is 3.14. The van der Waals surface area contributed by atoms with E-state index in [0.717, 1.165) is 6.33 Å². The number of rotatable bonds is 7. The quantitative estimate of drug-likeness (QED) is 0.455. The topological polar surface area (TPSA) is 141 Å². The minimum atomic E-state index is -0.653. The first-order valence-electron chi connectivity index (χ1n) is 7.00. The lowest BCUT2D eigenvalue weighted by atomic mass is 10.3. The van der Waals surface area contributed by atoms with E-state index in [2.05, 4.69) is 15.3 Å². The van der Waals surface area contributed by atoms with Crippen LogP contribution in [-0.4, -0.2) is 35.1 Å². The van der Waals surface area contributed by atoms with Gasteiger partial charge in [0.05, 0.1) is 24.2 Å². The number of anilines is 3. The van der Waals surface area contributed by atoms with E-state index in [1.54, 1.807) is 24.3 Å². The molecular formula is C15H13N7O3. The lowest BCUT2D eigenvalue weighted by Crippen LogP contribution is -2.26. The third kappa shape index (κ3) is 4.09. The molecule has 0 bridgehead atoms. The zero-order chi connectivity index (χ0) is 18.2. The van der Waals surface area contributed by atoms with E-state index in [-0.39, 0.29) is 24.7 Å². The number of benzene rings is 1. The van der Waals surface area contributed by atoms with Crippen LogP contribution < -0.4 is 15.0 Å². The summed E-state index contributed by atoms with van der Waals surface area (Å²) in [6, 6.07) is 10.5. The molecule has 0 radical (unpaired) electrons. The Morgan fingerprint density at radius 3 is 2.64 bits per heavy atom. The van der Waals surface area contributed by atoms with Crippen LogP contribution in [0.25, 0.3) is 0 Å². The van der Waals surface area contributed by atoms with Gasteiger partial charge >= 0.3 is 5.69 Å². The second-order valence-corrected chi connectivity index (χ2v) is 4.68. The van der Waals surface area contributed by atoms with Gasteiger partial charge in [0.15, 0.2) is 0 Å². The summed E-state index contributed by atoms with van der Waals surface area (Å²) < 4.78 is 5.11. The number of ether oxygens (including phenoxy) is 1. The van der Waals surface area contributed by atoms with E-state index in [4.69, 9.17) is 15.3 Å². The van der Waals surface area contributed by atoms with E-state index in [1.807, 2.05) is 12.1 Å². The molecule has 0 aliphatic heterocycles. The maximum absolute atomic E-state index is 11.5. The van der Waals surface area contributed by atoms with Crippen molar-refractivity contribution in [3.05, 3.63) is 40.7 Å². The first-order valence-corrected chi connectivity index (χ1v) is 7.00. The predicted molar refractivity (Wildman–Crippen MR) is 88.4 cm³/mol. The molecule has 0 unspecified atom stereocenters. The van der Waals surface area contributed by atoms with Gasteiger partial charge in [0, 0.05) is 11.8 Å². The molecule has 0 saturated heterocycles. The van der Waals surface area contributed by atoms with Crippen molar-refractivity contribution in [2.45, 2.75) is 0 Å². The molecule has 126 valence electrons.